The smallest absolute Gasteiger partial charge is 0.323 e. The van der Waals surface area contributed by atoms with E-state index >= 15 is 0 Å². The third-order valence-electron chi connectivity index (χ3n) is 10.0. The number of nitrogens with two attached hydrogens (primary N) is 3. The van der Waals surface area contributed by atoms with Gasteiger partial charge in [-0.15, -0.1) is 0 Å². The standard InChI is InChI=1S/C35H46FN5O4/c1-3-35(4-2)19-30-32(26-15-9-22(36)18-29(26)41(30)31(42)20-35)21-8-14-25(33(39)43)28(17-21)40-23-10-12-24(13-11-23)45-34(44)27(38)7-5-6-16-37/h8-9,14-15,17-18,23-24,27,40H,3-7,10-13,16,19-20,37-38H2,1-2H3,(H2,39,43)/t23?,24?,27-/m0/s1. The molecular weight excluding hydrogens is 573 g/mol. The summed E-state index contributed by atoms with van der Waals surface area (Å²) in [6, 6.07) is 9.48. The number of anilines is 1. The molecule has 7 N–H and O–H groups in total. The Morgan fingerprint density at radius 3 is 2.47 bits per heavy atom. The van der Waals surface area contributed by atoms with E-state index < -0.39 is 17.8 Å². The van der Waals surface area contributed by atoms with Crippen LogP contribution < -0.4 is 22.5 Å². The second kappa shape index (κ2) is 13.7. The van der Waals surface area contributed by atoms with Gasteiger partial charge in [-0.2, -0.15) is 0 Å². The van der Waals surface area contributed by atoms with E-state index in [0.717, 1.165) is 60.7 Å². The topological polar surface area (TPSA) is 155 Å². The number of nitrogens with zero attached hydrogens (tertiary/aromatic N) is 1. The van der Waals surface area contributed by atoms with Crippen LogP contribution >= 0.6 is 0 Å². The Kier molecular flexibility index (Phi) is 9.94. The maximum atomic E-state index is 14.5. The zero-order valence-electron chi connectivity index (χ0n) is 26.4. The molecule has 0 radical (unpaired) electrons. The highest BCUT2D eigenvalue weighted by molar-refractivity contribution is 6.06. The van der Waals surface area contributed by atoms with Crippen molar-refractivity contribution in [2.75, 3.05) is 11.9 Å². The summed E-state index contributed by atoms with van der Waals surface area (Å²) in [7, 11) is 0. The van der Waals surface area contributed by atoms with Crippen molar-refractivity contribution in [1.82, 2.24) is 4.57 Å². The van der Waals surface area contributed by atoms with Crippen molar-refractivity contribution >= 4 is 34.4 Å². The Labute approximate surface area is 264 Å². The van der Waals surface area contributed by atoms with Gasteiger partial charge in [0, 0.05) is 34.8 Å². The van der Waals surface area contributed by atoms with E-state index in [-0.39, 0.29) is 29.4 Å². The highest BCUT2D eigenvalue weighted by Crippen LogP contribution is 2.46. The molecular formula is C35H46FN5O4. The Balaban J connectivity index is 1.41. The van der Waals surface area contributed by atoms with Crippen LogP contribution in [0.15, 0.2) is 36.4 Å². The molecule has 1 aliphatic carbocycles. The number of hydrogen-bond donors (Lipinski definition) is 4. The van der Waals surface area contributed by atoms with Gasteiger partial charge in [0.15, 0.2) is 0 Å². The van der Waals surface area contributed by atoms with Crippen molar-refractivity contribution in [1.29, 1.82) is 0 Å². The van der Waals surface area contributed by atoms with Crippen molar-refractivity contribution in [3.05, 3.63) is 53.5 Å². The maximum absolute atomic E-state index is 14.5. The number of nitrogens with one attached hydrogen (secondary N) is 1. The first-order chi connectivity index (χ1) is 21.6. The monoisotopic (exact) mass is 619 g/mol. The molecule has 5 rings (SSSR count). The molecule has 0 bridgehead atoms. The Hall–Kier alpha value is -3.76. The second-order valence-corrected chi connectivity index (χ2v) is 12.8. The normalized spacial score (nSPS) is 20.1. The highest BCUT2D eigenvalue weighted by Gasteiger charge is 2.39. The molecule has 1 saturated carbocycles. The average Bonchev–Trinajstić information content (AvgIpc) is 3.35. The predicted octanol–water partition coefficient (Wildman–Crippen LogP) is 5.66. The number of carbonyl (C=O) groups excluding carboxylic acids is 3. The van der Waals surface area contributed by atoms with E-state index in [1.54, 1.807) is 16.7 Å². The van der Waals surface area contributed by atoms with Gasteiger partial charge >= 0.3 is 5.97 Å². The van der Waals surface area contributed by atoms with E-state index in [2.05, 4.69) is 19.2 Å². The number of hydrogen-bond acceptors (Lipinski definition) is 7. The fourth-order valence-electron chi connectivity index (χ4n) is 7.11. The first kappa shape index (κ1) is 32.6. The predicted molar refractivity (Wildman–Crippen MR) is 174 cm³/mol. The van der Waals surface area contributed by atoms with Crippen molar-refractivity contribution in [3.8, 4) is 11.1 Å². The summed E-state index contributed by atoms with van der Waals surface area (Å²) in [6.45, 7) is 4.80. The van der Waals surface area contributed by atoms with Crippen molar-refractivity contribution in [2.45, 2.75) is 103 Å². The second-order valence-electron chi connectivity index (χ2n) is 12.8. The minimum absolute atomic E-state index is 0.0251. The number of halogens is 1. The zero-order chi connectivity index (χ0) is 32.3. The van der Waals surface area contributed by atoms with Gasteiger partial charge in [-0.3, -0.25) is 19.0 Å². The number of rotatable bonds is 12. The van der Waals surface area contributed by atoms with Crippen LogP contribution in [0.5, 0.6) is 0 Å². The summed E-state index contributed by atoms with van der Waals surface area (Å²) in [5.41, 5.74) is 21.3. The first-order valence-electron chi connectivity index (χ1n) is 16.3. The Bertz CT molecular complexity index is 1570. The van der Waals surface area contributed by atoms with Crippen LogP contribution in [0.4, 0.5) is 10.1 Å². The molecule has 10 heteroatoms. The largest absolute Gasteiger partial charge is 0.461 e. The molecule has 1 atom stereocenters. The molecule has 0 unspecified atom stereocenters. The zero-order valence-corrected chi connectivity index (χ0v) is 26.4. The quantitative estimate of drug-likeness (QED) is 0.151. The average molecular weight is 620 g/mol. The maximum Gasteiger partial charge on any atom is 0.323 e. The van der Waals surface area contributed by atoms with E-state index in [4.69, 9.17) is 21.9 Å². The minimum Gasteiger partial charge on any atom is -0.461 e. The van der Waals surface area contributed by atoms with Gasteiger partial charge in [0.25, 0.3) is 5.91 Å². The number of unbranched alkanes of at least 4 members (excludes halogenated alkanes) is 1. The lowest BCUT2D eigenvalue weighted by Crippen LogP contribution is -2.37. The molecule has 2 aliphatic rings. The van der Waals surface area contributed by atoms with E-state index in [1.807, 2.05) is 12.1 Å². The number of primary amides is 1. The minimum atomic E-state index is -0.643. The molecule has 1 aliphatic heterocycles. The number of esters is 1. The summed E-state index contributed by atoms with van der Waals surface area (Å²) in [6.07, 6.45) is 7.60. The van der Waals surface area contributed by atoms with Crippen LogP contribution in [-0.4, -0.2) is 47.1 Å². The number of carbonyl (C=O) groups is 3. The SMILES string of the molecule is CCC1(CC)CC(=O)n2c(c(-c3ccc(C(N)=O)c(NC4CCC(OC(=O)[C@@H](N)CCCCN)CC4)c3)c3ccc(F)cc32)C1. The summed E-state index contributed by atoms with van der Waals surface area (Å²) in [5.74, 6) is -1.34. The molecule has 45 heavy (non-hydrogen) atoms. The van der Waals surface area contributed by atoms with Crippen LogP contribution in [0.2, 0.25) is 0 Å². The van der Waals surface area contributed by atoms with E-state index in [9.17, 15) is 18.8 Å². The summed E-state index contributed by atoms with van der Waals surface area (Å²) < 4.78 is 21.9. The molecule has 1 aromatic heterocycles. The molecule has 9 nitrogen and oxygen atoms in total. The lowest BCUT2D eigenvalue weighted by molar-refractivity contribution is -0.152. The Morgan fingerprint density at radius 1 is 1.07 bits per heavy atom. The van der Waals surface area contributed by atoms with Crippen molar-refractivity contribution < 1.29 is 23.5 Å². The number of fused-ring (bicyclic) bond motifs is 3. The van der Waals surface area contributed by atoms with E-state index in [0.29, 0.717) is 55.4 Å². The fourth-order valence-corrected chi connectivity index (χ4v) is 7.11. The third-order valence-corrected chi connectivity index (χ3v) is 10.0. The van der Waals surface area contributed by atoms with Crippen LogP contribution in [0.1, 0.15) is 98.9 Å². The highest BCUT2D eigenvalue weighted by atomic mass is 19.1. The molecule has 1 amide bonds. The van der Waals surface area contributed by atoms with Gasteiger partial charge in [-0.25, -0.2) is 4.39 Å². The van der Waals surface area contributed by atoms with Gasteiger partial charge in [0.1, 0.15) is 18.0 Å². The third kappa shape index (κ3) is 6.77. The van der Waals surface area contributed by atoms with Crippen molar-refractivity contribution in [3.63, 3.8) is 0 Å². The van der Waals surface area contributed by atoms with Gasteiger partial charge in [0.05, 0.1) is 11.1 Å². The molecule has 0 saturated heterocycles. The number of amides is 1. The number of aromatic nitrogens is 1. The Morgan fingerprint density at radius 2 is 1.80 bits per heavy atom. The molecule has 2 heterocycles. The lowest BCUT2D eigenvalue weighted by atomic mass is 9.72. The van der Waals surface area contributed by atoms with Gasteiger partial charge in [0.2, 0.25) is 5.91 Å². The number of benzene rings is 2. The molecule has 3 aromatic rings. The summed E-state index contributed by atoms with van der Waals surface area (Å²) >= 11 is 0. The van der Waals surface area contributed by atoms with Gasteiger partial charge in [-0.05, 0) is 106 Å². The van der Waals surface area contributed by atoms with Crippen LogP contribution in [-0.2, 0) is 16.0 Å². The molecule has 242 valence electrons. The number of ether oxygens (including phenoxy) is 1. The summed E-state index contributed by atoms with van der Waals surface area (Å²) in [4.78, 5) is 38.5. The van der Waals surface area contributed by atoms with E-state index in [1.165, 1.54) is 12.1 Å². The van der Waals surface area contributed by atoms with Gasteiger partial charge < -0.3 is 27.3 Å². The van der Waals surface area contributed by atoms with Crippen LogP contribution in [0.3, 0.4) is 0 Å². The molecule has 2 aromatic carbocycles. The molecule has 1 fully saturated rings. The van der Waals surface area contributed by atoms with Crippen LogP contribution in [0, 0.1) is 11.2 Å². The van der Waals surface area contributed by atoms with Gasteiger partial charge in [-0.1, -0.05) is 26.3 Å². The summed E-state index contributed by atoms with van der Waals surface area (Å²) in [5, 5.41) is 4.33. The lowest BCUT2D eigenvalue weighted by Gasteiger charge is -2.36. The molecule has 0 spiro atoms. The van der Waals surface area contributed by atoms with Crippen molar-refractivity contribution in [2.24, 2.45) is 22.6 Å². The van der Waals surface area contributed by atoms with Crippen LogP contribution in [0.25, 0.3) is 22.0 Å². The first-order valence-corrected chi connectivity index (χ1v) is 16.3. The fraction of sp³-hybridized carbons (Fsp3) is 0.514.